The molecule has 2 fully saturated rings. The van der Waals surface area contributed by atoms with Gasteiger partial charge in [-0.3, -0.25) is 19.3 Å². The van der Waals surface area contributed by atoms with Gasteiger partial charge in [0.05, 0.1) is 5.69 Å². The summed E-state index contributed by atoms with van der Waals surface area (Å²) in [5.41, 5.74) is 4.78. The molecule has 3 atom stereocenters. The van der Waals surface area contributed by atoms with Crippen LogP contribution in [0.25, 0.3) is 0 Å². The van der Waals surface area contributed by atoms with Crippen LogP contribution in [0.4, 0.5) is 5.69 Å². The average molecular weight is 499 g/mol. The molecule has 2 heterocycles. The van der Waals surface area contributed by atoms with E-state index in [0.717, 1.165) is 44.3 Å². The highest BCUT2D eigenvalue weighted by molar-refractivity contribution is 6.28. The second-order valence-electron chi connectivity index (χ2n) is 11.1. The number of esters is 1. The molecule has 6 rings (SSSR count). The first-order valence-electron chi connectivity index (χ1n) is 13.7. The number of hydrogen-bond acceptors (Lipinski definition) is 5. The summed E-state index contributed by atoms with van der Waals surface area (Å²) in [6.45, 7) is 3.55. The van der Waals surface area contributed by atoms with Crippen LogP contribution in [-0.2, 0) is 32.6 Å². The van der Waals surface area contributed by atoms with E-state index in [0.29, 0.717) is 23.4 Å². The third-order valence-electron chi connectivity index (χ3n) is 9.12. The van der Waals surface area contributed by atoms with Crippen molar-refractivity contribution < 1.29 is 19.1 Å². The van der Waals surface area contributed by atoms with E-state index >= 15 is 0 Å². The number of amides is 2. The van der Waals surface area contributed by atoms with Crippen molar-refractivity contribution >= 4 is 23.5 Å². The van der Waals surface area contributed by atoms with Gasteiger partial charge in [0.1, 0.15) is 5.75 Å². The summed E-state index contributed by atoms with van der Waals surface area (Å²) in [7, 11) is 0. The molecular formula is C31H34N2O4. The van der Waals surface area contributed by atoms with Crippen LogP contribution in [0.15, 0.2) is 54.6 Å². The quantitative estimate of drug-likeness (QED) is 0.327. The Balaban J connectivity index is 1.20. The number of hydrogen-bond donors (Lipinski definition) is 0. The first-order valence-corrected chi connectivity index (χ1v) is 13.7. The molecule has 6 nitrogen and oxygen atoms in total. The van der Waals surface area contributed by atoms with Gasteiger partial charge in [-0.15, -0.1) is 0 Å². The number of anilines is 1. The molecule has 2 aliphatic carbocycles. The van der Waals surface area contributed by atoms with Gasteiger partial charge >= 0.3 is 5.97 Å². The van der Waals surface area contributed by atoms with Crippen LogP contribution in [0.1, 0.15) is 62.1 Å². The highest BCUT2D eigenvalue weighted by Crippen LogP contribution is 2.56. The van der Waals surface area contributed by atoms with Crippen molar-refractivity contribution in [2.75, 3.05) is 18.0 Å². The van der Waals surface area contributed by atoms with Crippen LogP contribution in [0.3, 0.4) is 0 Å². The number of para-hydroxylation sites is 1. The fourth-order valence-electron chi connectivity index (χ4n) is 7.62. The second kappa shape index (κ2) is 9.56. The molecule has 37 heavy (non-hydrogen) atoms. The van der Waals surface area contributed by atoms with Crippen LogP contribution < -0.4 is 9.64 Å². The fraction of sp³-hybridized carbons (Fsp3) is 0.452. The van der Waals surface area contributed by atoms with Gasteiger partial charge in [0, 0.05) is 30.5 Å². The summed E-state index contributed by atoms with van der Waals surface area (Å²) in [4.78, 5) is 40.1. The van der Waals surface area contributed by atoms with Crippen molar-refractivity contribution in [2.24, 2.45) is 5.92 Å². The summed E-state index contributed by atoms with van der Waals surface area (Å²) in [5.74, 6) is 0.514. The Labute approximate surface area is 218 Å². The molecule has 2 aromatic carbocycles. The van der Waals surface area contributed by atoms with Crippen molar-refractivity contribution in [3.63, 3.8) is 0 Å². The fourth-order valence-corrected chi connectivity index (χ4v) is 7.62. The minimum atomic E-state index is -0.266. The van der Waals surface area contributed by atoms with Gasteiger partial charge in [0.15, 0.2) is 0 Å². The number of nitrogens with zero attached hydrogens (tertiary/aromatic N) is 2. The molecular weight excluding hydrogens is 464 g/mol. The Kier molecular flexibility index (Phi) is 6.23. The maximum atomic E-state index is 12.3. The van der Waals surface area contributed by atoms with Crippen LogP contribution in [0, 0.1) is 5.92 Å². The molecule has 6 heteroatoms. The van der Waals surface area contributed by atoms with Crippen molar-refractivity contribution in [3.05, 3.63) is 71.3 Å². The molecule has 2 amide bonds. The van der Waals surface area contributed by atoms with E-state index < -0.39 is 0 Å². The van der Waals surface area contributed by atoms with Gasteiger partial charge in [-0.2, -0.15) is 0 Å². The maximum absolute atomic E-state index is 12.3. The van der Waals surface area contributed by atoms with Crippen molar-refractivity contribution in [2.45, 2.75) is 69.7 Å². The summed E-state index contributed by atoms with van der Waals surface area (Å²) < 4.78 is 5.47. The van der Waals surface area contributed by atoms with Gasteiger partial charge in [0.25, 0.3) is 11.8 Å². The van der Waals surface area contributed by atoms with Gasteiger partial charge in [-0.25, -0.2) is 4.90 Å². The van der Waals surface area contributed by atoms with Crippen molar-refractivity contribution in [1.29, 1.82) is 0 Å². The summed E-state index contributed by atoms with van der Waals surface area (Å²) in [6, 6.07) is 14.6. The third-order valence-corrected chi connectivity index (χ3v) is 9.12. The smallest absolute Gasteiger partial charge is 0.308 e. The molecule has 1 saturated heterocycles. The van der Waals surface area contributed by atoms with Crippen LogP contribution in [0.5, 0.6) is 5.75 Å². The minimum Gasteiger partial charge on any atom is -0.427 e. The zero-order chi connectivity index (χ0) is 25.6. The number of likely N-dealkylation sites (tertiary alicyclic amines) is 1. The number of fused-ring (bicyclic) bond motifs is 1. The van der Waals surface area contributed by atoms with Gasteiger partial charge in [-0.05, 0) is 92.4 Å². The number of ether oxygens (including phenoxy) is 1. The predicted molar refractivity (Wildman–Crippen MR) is 141 cm³/mol. The average Bonchev–Trinajstić information content (AvgIpc) is 3.23. The van der Waals surface area contributed by atoms with Gasteiger partial charge in [0.2, 0.25) is 0 Å². The number of carbonyl (C=O) groups excluding carboxylic acids is 3. The normalized spacial score (nSPS) is 26.7. The first-order chi connectivity index (χ1) is 18.0. The molecule has 0 aromatic heterocycles. The number of benzene rings is 2. The first kappa shape index (κ1) is 24.1. The topological polar surface area (TPSA) is 66.9 Å². The number of piperidine rings is 1. The summed E-state index contributed by atoms with van der Waals surface area (Å²) in [5, 5.41) is 0. The zero-order valence-corrected chi connectivity index (χ0v) is 21.4. The lowest BCUT2D eigenvalue weighted by Gasteiger charge is -2.59. The molecule has 0 spiro atoms. The van der Waals surface area contributed by atoms with Crippen LogP contribution >= 0.6 is 0 Å². The molecule has 1 saturated carbocycles. The Morgan fingerprint density at radius 3 is 2.68 bits per heavy atom. The van der Waals surface area contributed by atoms with Crippen molar-refractivity contribution in [1.82, 2.24) is 4.90 Å². The van der Waals surface area contributed by atoms with E-state index in [1.165, 1.54) is 60.8 Å². The standard InChI is InChI=1S/C31H34N2O4/c1-21(34)37-24-12-11-23-19-28-25-9-4-5-15-31(25,26(23)20-24)16-18-32(28)17-6-8-22-7-2-3-10-27(22)33-29(35)13-14-30(33)36/h2-3,7,10-14,20,25,28H,4-6,8-9,15-19H2,1H3/t25-,28+,31+/m0/s1. The monoisotopic (exact) mass is 498 g/mol. The van der Waals surface area contributed by atoms with E-state index in [1.54, 1.807) is 0 Å². The molecule has 2 aliphatic heterocycles. The molecule has 0 radical (unpaired) electrons. The maximum Gasteiger partial charge on any atom is 0.308 e. The highest BCUT2D eigenvalue weighted by atomic mass is 16.5. The molecule has 4 aliphatic rings. The van der Waals surface area contributed by atoms with E-state index in [4.69, 9.17) is 4.74 Å². The Morgan fingerprint density at radius 2 is 1.86 bits per heavy atom. The van der Waals surface area contributed by atoms with Crippen LogP contribution in [0.2, 0.25) is 0 Å². The van der Waals surface area contributed by atoms with Crippen LogP contribution in [-0.4, -0.2) is 41.8 Å². The molecule has 2 bridgehead atoms. The Bertz CT molecular complexity index is 1270. The Hall–Kier alpha value is -3.25. The lowest BCUT2D eigenvalue weighted by molar-refractivity contribution is -0.132. The SMILES string of the molecule is CC(=O)Oc1ccc2c(c1)[C@@]13CCCC[C@H]1[C@@H](C2)N(CCCc1ccccc1N1C(=O)C=CC1=O)CC3. The molecule has 2 aromatic rings. The number of imide groups is 1. The minimum absolute atomic E-state index is 0.194. The predicted octanol–water partition coefficient (Wildman–Crippen LogP) is 4.73. The second-order valence-corrected chi connectivity index (χ2v) is 11.1. The number of carbonyl (C=O) groups is 3. The molecule has 0 unspecified atom stereocenters. The summed E-state index contributed by atoms with van der Waals surface area (Å²) in [6.07, 6.45) is 11.7. The molecule has 0 N–H and O–H groups in total. The zero-order valence-electron chi connectivity index (χ0n) is 21.4. The lowest BCUT2D eigenvalue weighted by Crippen LogP contribution is -2.61. The third kappa shape index (κ3) is 4.21. The largest absolute Gasteiger partial charge is 0.427 e. The molecule has 192 valence electrons. The van der Waals surface area contributed by atoms with Gasteiger partial charge in [-0.1, -0.05) is 37.1 Å². The van der Waals surface area contributed by atoms with E-state index in [-0.39, 0.29) is 23.2 Å². The number of aryl methyl sites for hydroxylation is 1. The van der Waals surface area contributed by atoms with Crippen molar-refractivity contribution in [3.8, 4) is 5.75 Å². The van der Waals surface area contributed by atoms with E-state index in [1.807, 2.05) is 30.3 Å². The highest BCUT2D eigenvalue weighted by Gasteiger charge is 2.53. The van der Waals surface area contributed by atoms with Gasteiger partial charge < -0.3 is 4.74 Å². The van der Waals surface area contributed by atoms with E-state index in [2.05, 4.69) is 17.0 Å². The summed E-state index contributed by atoms with van der Waals surface area (Å²) >= 11 is 0. The van der Waals surface area contributed by atoms with E-state index in [9.17, 15) is 14.4 Å². The lowest BCUT2D eigenvalue weighted by atomic mass is 9.52. The number of rotatable bonds is 6. The Morgan fingerprint density at radius 1 is 1.05 bits per heavy atom.